The molecule has 0 saturated heterocycles. The summed E-state index contributed by atoms with van der Waals surface area (Å²) in [7, 11) is 0. The molecule has 0 aromatic heterocycles. The Balaban J connectivity index is 1.56. The highest BCUT2D eigenvalue weighted by Gasteiger charge is 2.67. The van der Waals surface area contributed by atoms with E-state index in [9.17, 15) is 4.79 Å². The van der Waals surface area contributed by atoms with Gasteiger partial charge >= 0.3 is 5.97 Å². The Morgan fingerprint density at radius 3 is 2.87 bits per heavy atom. The lowest BCUT2D eigenvalue weighted by atomic mass is 9.81. The third kappa shape index (κ3) is 2.40. The first kappa shape index (κ1) is 15.5. The SMILES string of the molecule is CCOC(=O)C1C2CC3ON=C(c4ccc(Cl)cc4)C3(Br)CC21. The first-order valence-corrected chi connectivity index (χ1v) is 9.07. The van der Waals surface area contributed by atoms with Crippen LogP contribution < -0.4 is 0 Å². The van der Waals surface area contributed by atoms with Crippen molar-refractivity contribution in [3.05, 3.63) is 34.9 Å². The molecule has 1 aromatic rings. The number of esters is 1. The lowest BCUT2D eigenvalue weighted by Gasteiger charge is -2.32. The second kappa shape index (κ2) is 5.49. The fourth-order valence-electron chi connectivity index (χ4n) is 4.01. The van der Waals surface area contributed by atoms with E-state index < -0.39 is 0 Å². The Labute approximate surface area is 148 Å². The standard InChI is InChI=1S/C17H17BrClNO3/c1-2-22-16(21)14-11-7-13-17(18,8-12(11)14)15(20-23-13)9-3-5-10(19)6-4-9/h3-6,11-14H,2,7-8H2,1H3. The number of oxime groups is 1. The van der Waals surface area contributed by atoms with Gasteiger partial charge < -0.3 is 9.57 Å². The molecule has 2 saturated carbocycles. The van der Waals surface area contributed by atoms with Gasteiger partial charge in [0.15, 0.2) is 0 Å². The average Bonchev–Trinajstić information content (AvgIpc) is 3.10. The molecular weight excluding hydrogens is 382 g/mol. The summed E-state index contributed by atoms with van der Waals surface area (Å²) >= 11 is 9.86. The average molecular weight is 399 g/mol. The maximum absolute atomic E-state index is 12.1. The first-order chi connectivity index (χ1) is 11.0. The lowest BCUT2D eigenvalue weighted by Crippen LogP contribution is -2.43. The van der Waals surface area contributed by atoms with Crippen molar-refractivity contribution in [2.75, 3.05) is 6.61 Å². The fraction of sp³-hybridized carbons (Fsp3) is 0.529. The van der Waals surface area contributed by atoms with E-state index in [1.54, 1.807) is 0 Å². The molecular formula is C17H17BrClNO3. The van der Waals surface area contributed by atoms with Crippen molar-refractivity contribution >= 4 is 39.2 Å². The number of hydrogen-bond acceptors (Lipinski definition) is 4. The third-order valence-electron chi connectivity index (χ3n) is 5.20. The minimum Gasteiger partial charge on any atom is -0.466 e. The largest absolute Gasteiger partial charge is 0.466 e. The van der Waals surface area contributed by atoms with Crippen LogP contribution in [0.15, 0.2) is 29.4 Å². The molecule has 0 amide bonds. The van der Waals surface area contributed by atoms with Gasteiger partial charge in [-0.2, -0.15) is 0 Å². The van der Waals surface area contributed by atoms with Gasteiger partial charge in [0.1, 0.15) is 16.1 Å². The van der Waals surface area contributed by atoms with Gasteiger partial charge in [-0.3, -0.25) is 4.79 Å². The van der Waals surface area contributed by atoms with E-state index in [0.717, 1.165) is 24.1 Å². The Kier molecular flexibility index (Phi) is 3.69. The number of benzene rings is 1. The molecule has 1 aliphatic heterocycles. The number of alkyl halides is 1. The second-order valence-corrected chi connectivity index (χ2v) is 8.30. The smallest absolute Gasteiger partial charge is 0.309 e. The molecule has 0 radical (unpaired) electrons. The predicted molar refractivity (Wildman–Crippen MR) is 90.9 cm³/mol. The van der Waals surface area contributed by atoms with Crippen LogP contribution in [0.25, 0.3) is 0 Å². The number of carbonyl (C=O) groups is 1. The van der Waals surface area contributed by atoms with Crippen molar-refractivity contribution in [1.29, 1.82) is 0 Å². The molecule has 2 aliphatic carbocycles. The Bertz CT molecular complexity index is 677. The van der Waals surface area contributed by atoms with E-state index in [1.807, 2.05) is 31.2 Å². The summed E-state index contributed by atoms with van der Waals surface area (Å²) in [4.78, 5) is 17.8. The molecule has 4 rings (SSSR count). The van der Waals surface area contributed by atoms with Crippen molar-refractivity contribution in [1.82, 2.24) is 0 Å². The zero-order chi connectivity index (χ0) is 16.2. The van der Waals surface area contributed by atoms with Gasteiger partial charge in [0.2, 0.25) is 0 Å². The van der Waals surface area contributed by atoms with Gasteiger partial charge in [-0.15, -0.1) is 0 Å². The highest BCUT2D eigenvalue weighted by molar-refractivity contribution is 9.10. The number of ether oxygens (including phenoxy) is 1. The number of halogens is 2. The molecule has 5 atom stereocenters. The van der Waals surface area contributed by atoms with Crippen LogP contribution in [0.5, 0.6) is 0 Å². The van der Waals surface area contributed by atoms with Crippen LogP contribution in [-0.4, -0.2) is 28.7 Å². The molecule has 23 heavy (non-hydrogen) atoms. The summed E-state index contributed by atoms with van der Waals surface area (Å²) in [5.74, 6) is 0.668. The molecule has 6 heteroatoms. The van der Waals surface area contributed by atoms with Gasteiger partial charge in [-0.1, -0.05) is 44.8 Å². The topological polar surface area (TPSA) is 47.9 Å². The second-order valence-electron chi connectivity index (χ2n) is 6.45. The van der Waals surface area contributed by atoms with E-state index in [2.05, 4.69) is 21.1 Å². The predicted octanol–water partition coefficient (Wildman–Crippen LogP) is 3.80. The summed E-state index contributed by atoms with van der Waals surface area (Å²) in [6.45, 7) is 2.28. The van der Waals surface area contributed by atoms with Crippen molar-refractivity contribution in [3.8, 4) is 0 Å². The minimum atomic E-state index is -0.330. The van der Waals surface area contributed by atoms with Crippen molar-refractivity contribution in [3.63, 3.8) is 0 Å². The zero-order valence-corrected chi connectivity index (χ0v) is 15.0. The third-order valence-corrected chi connectivity index (χ3v) is 6.66. The van der Waals surface area contributed by atoms with Crippen LogP contribution in [0.2, 0.25) is 5.02 Å². The summed E-state index contributed by atoms with van der Waals surface area (Å²) in [6, 6.07) is 7.62. The maximum atomic E-state index is 12.1. The van der Waals surface area contributed by atoms with Gasteiger partial charge in [-0.25, -0.2) is 0 Å². The van der Waals surface area contributed by atoms with Crippen molar-refractivity contribution in [2.45, 2.75) is 30.2 Å². The summed E-state index contributed by atoms with van der Waals surface area (Å²) in [5.41, 5.74) is 1.90. The van der Waals surface area contributed by atoms with E-state index in [0.29, 0.717) is 23.5 Å². The number of hydrogen-bond donors (Lipinski definition) is 0. The first-order valence-electron chi connectivity index (χ1n) is 7.90. The highest BCUT2D eigenvalue weighted by Crippen LogP contribution is 2.62. The Morgan fingerprint density at radius 2 is 2.17 bits per heavy atom. The molecule has 0 N–H and O–H groups in total. The lowest BCUT2D eigenvalue weighted by molar-refractivity contribution is -0.145. The van der Waals surface area contributed by atoms with Crippen LogP contribution in [0.1, 0.15) is 25.3 Å². The number of fused-ring (bicyclic) bond motifs is 2. The highest BCUT2D eigenvalue weighted by atomic mass is 79.9. The minimum absolute atomic E-state index is 0.0186. The molecule has 122 valence electrons. The van der Waals surface area contributed by atoms with Crippen LogP contribution in [0, 0.1) is 17.8 Å². The van der Waals surface area contributed by atoms with Crippen LogP contribution in [0.3, 0.4) is 0 Å². The zero-order valence-electron chi connectivity index (χ0n) is 12.7. The molecule has 3 aliphatic rings. The monoisotopic (exact) mass is 397 g/mol. The molecule has 2 fully saturated rings. The quantitative estimate of drug-likeness (QED) is 0.575. The van der Waals surface area contributed by atoms with Crippen LogP contribution in [0.4, 0.5) is 0 Å². The van der Waals surface area contributed by atoms with Crippen molar-refractivity contribution < 1.29 is 14.4 Å². The maximum Gasteiger partial charge on any atom is 0.309 e. The van der Waals surface area contributed by atoms with E-state index in [-0.39, 0.29) is 22.3 Å². The van der Waals surface area contributed by atoms with E-state index in [1.165, 1.54) is 0 Å². The number of rotatable bonds is 3. The normalized spacial score (nSPS) is 37.3. The number of carbonyl (C=O) groups excluding carboxylic acids is 1. The van der Waals surface area contributed by atoms with Gasteiger partial charge in [-0.05, 0) is 43.7 Å². The molecule has 1 heterocycles. The number of nitrogens with zero attached hydrogens (tertiary/aromatic N) is 1. The molecule has 1 aromatic carbocycles. The Hall–Kier alpha value is -1.07. The summed E-state index contributed by atoms with van der Waals surface area (Å²) in [6.07, 6.45) is 1.64. The Morgan fingerprint density at radius 1 is 1.43 bits per heavy atom. The summed E-state index contributed by atoms with van der Waals surface area (Å²) < 4.78 is 4.87. The van der Waals surface area contributed by atoms with Gasteiger partial charge in [0, 0.05) is 10.6 Å². The van der Waals surface area contributed by atoms with E-state index in [4.69, 9.17) is 21.2 Å². The van der Waals surface area contributed by atoms with E-state index >= 15 is 0 Å². The molecule has 4 nitrogen and oxygen atoms in total. The summed E-state index contributed by atoms with van der Waals surface area (Å²) in [5, 5.41) is 5.02. The molecule has 5 unspecified atom stereocenters. The molecule has 0 spiro atoms. The van der Waals surface area contributed by atoms with Crippen LogP contribution in [-0.2, 0) is 14.4 Å². The van der Waals surface area contributed by atoms with Gasteiger partial charge in [0.25, 0.3) is 0 Å². The van der Waals surface area contributed by atoms with Crippen molar-refractivity contribution in [2.24, 2.45) is 22.9 Å². The van der Waals surface area contributed by atoms with Crippen LogP contribution >= 0.6 is 27.5 Å². The fourth-order valence-corrected chi connectivity index (χ4v) is 5.08. The van der Waals surface area contributed by atoms with Gasteiger partial charge in [0.05, 0.1) is 12.5 Å². The molecule has 0 bridgehead atoms.